The summed E-state index contributed by atoms with van der Waals surface area (Å²) in [6, 6.07) is 2.23. The van der Waals surface area contributed by atoms with Crippen LogP contribution in [0.3, 0.4) is 0 Å². The number of aliphatic carboxylic acids is 1. The number of aromatic nitrogens is 1. The van der Waals surface area contributed by atoms with E-state index in [2.05, 4.69) is 0 Å². The molecule has 5 nitrogen and oxygen atoms in total. The van der Waals surface area contributed by atoms with Gasteiger partial charge in [-0.3, -0.25) is 9.59 Å². The average molecular weight is 302 g/mol. The molecule has 1 amide bonds. The summed E-state index contributed by atoms with van der Waals surface area (Å²) in [6.07, 6.45) is 7.27. The maximum Gasteiger partial charge on any atom is 0.311 e. The number of carbonyl (C=O) groups is 2. The van der Waals surface area contributed by atoms with E-state index in [4.69, 9.17) is 0 Å². The lowest BCUT2D eigenvalue weighted by Crippen LogP contribution is -2.38. The van der Waals surface area contributed by atoms with E-state index in [1.807, 2.05) is 28.8 Å². The number of carboxylic acids is 1. The van der Waals surface area contributed by atoms with Crippen molar-refractivity contribution in [3.05, 3.63) is 23.5 Å². The lowest BCUT2D eigenvalue weighted by atomic mass is 9.72. The van der Waals surface area contributed by atoms with Crippen LogP contribution in [0.1, 0.15) is 42.9 Å². The monoisotopic (exact) mass is 302 g/mol. The molecule has 4 rings (SSSR count). The fraction of sp³-hybridized carbons (Fsp3) is 0.647. The van der Waals surface area contributed by atoms with E-state index in [1.54, 1.807) is 0 Å². The summed E-state index contributed by atoms with van der Waals surface area (Å²) in [7, 11) is 1.96. The molecule has 2 fully saturated rings. The first-order chi connectivity index (χ1) is 10.6. The molecule has 1 aliphatic heterocycles. The number of fused-ring (bicyclic) bond motifs is 2. The van der Waals surface area contributed by atoms with E-state index in [-0.39, 0.29) is 17.7 Å². The first kappa shape index (κ1) is 13.9. The number of nitrogens with zero attached hydrogens (tertiary/aromatic N) is 2. The summed E-state index contributed by atoms with van der Waals surface area (Å²) in [6.45, 7) is 0.739. The highest BCUT2D eigenvalue weighted by Crippen LogP contribution is 2.46. The highest BCUT2D eigenvalue weighted by molar-refractivity contribution is 5.90. The first-order valence-electron chi connectivity index (χ1n) is 8.25. The van der Waals surface area contributed by atoms with Gasteiger partial charge in [0.2, 0.25) is 5.91 Å². The van der Waals surface area contributed by atoms with Crippen LogP contribution in [0.5, 0.6) is 0 Å². The van der Waals surface area contributed by atoms with Gasteiger partial charge in [0.05, 0.1) is 11.8 Å². The zero-order valence-corrected chi connectivity index (χ0v) is 12.9. The number of hydrogen-bond donors (Lipinski definition) is 1. The molecule has 118 valence electrons. The number of carboxylic acid groups (broad SMARTS) is 1. The van der Waals surface area contributed by atoms with Crippen molar-refractivity contribution >= 4 is 11.9 Å². The Morgan fingerprint density at radius 2 is 2.05 bits per heavy atom. The summed E-state index contributed by atoms with van der Waals surface area (Å²) in [5, 5.41) is 9.73. The summed E-state index contributed by atoms with van der Waals surface area (Å²) >= 11 is 0. The molecule has 0 bridgehead atoms. The summed E-state index contributed by atoms with van der Waals surface area (Å²) < 4.78 is 2.02. The van der Waals surface area contributed by atoms with E-state index in [1.165, 1.54) is 12.8 Å². The van der Waals surface area contributed by atoms with Crippen LogP contribution in [0.15, 0.2) is 12.3 Å². The molecule has 2 heterocycles. The maximum atomic E-state index is 12.9. The van der Waals surface area contributed by atoms with Gasteiger partial charge >= 0.3 is 5.97 Å². The zero-order valence-electron chi connectivity index (χ0n) is 12.9. The Morgan fingerprint density at radius 3 is 2.73 bits per heavy atom. The number of hydrogen-bond acceptors (Lipinski definition) is 2. The Kier molecular flexibility index (Phi) is 3.06. The van der Waals surface area contributed by atoms with Crippen molar-refractivity contribution in [2.45, 2.75) is 44.1 Å². The van der Waals surface area contributed by atoms with Gasteiger partial charge in [-0.25, -0.2) is 0 Å². The molecule has 0 aromatic carbocycles. The van der Waals surface area contributed by atoms with Gasteiger partial charge in [-0.1, -0.05) is 12.8 Å². The Balaban J connectivity index is 1.71. The van der Waals surface area contributed by atoms with Crippen LogP contribution >= 0.6 is 0 Å². The minimum atomic E-state index is -0.858. The molecule has 1 saturated carbocycles. The van der Waals surface area contributed by atoms with E-state index in [0.29, 0.717) is 6.04 Å². The van der Waals surface area contributed by atoms with Crippen molar-refractivity contribution in [3.8, 4) is 0 Å². The van der Waals surface area contributed by atoms with Gasteiger partial charge in [-0.15, -0.1) is 0 Å². The minimum absolute atomic E-state index is 0.0822. The molecule has 1 N–H and O–H groups in total. The van der Waals surface area contributed by atoms with Crippen molar-refractivity contribution < 1.29 is 14.7 Å². The third kappa shape index (κ3) is 1.84. The van der Waals surface area contributed by atoms with E-state index in [0.717, 1.165) is 37.1 Å². The van der Waals surface area contributed by atoms with Gasteiger partial charge < -0.3 is 14.6 Å². The average Bonchev–Trinajstić information content (AvgIpc) is 3.18. The molecule has 1 aromatic heterocycles. The molecule has 1 saturated heterocycles. The lowest BCUT2D eigenvalue weighted by molar-refractivity contribution is -0.145. The minimum Gasteiger partial charge on any atom is -0.481 e. The van der Waals surface area contributed by atoms with E-state index < -0.39 is 11.9 Å². The summed E-state index contributed by atoms with van der Waals surface area (Å²) in [5.74, 6) is -1.67. The second kappa shape index (κ2) is 4.86. The van der Waals surface area contributed by atoms with Gasteiger partial charge in [-0.05, 0) is 36.8 Å². The van der Waals surface area contributed by atoms with Crippen molar-refractivity contribution in [1.29, 1.82) is 0 Å². The molecular weight excluding hydrogens is 280 g/mol. The predicted octanol–water partition coefficient (Wildman–Crippen LogP) is 1.77. The number of aryl methyl sites for hydroxylation is 1. The quantitative estimate of drug-likeness (QED) is 0.905. The van der Waals surface area contributed by atoms with Crippen LogP contribution in [-0.2, 0) is 23.1 Å². The highest BCUT2D eigenvalue weighted by atomic mass is 16.4. The van der Waals surface area contributed by atoms with Gasteiger partial charge in [0.25, 0.3) is 0 Å². The normalized spacial score (nSPS) is 31.4. The van der Waals surface area contributed by atoms with Crippen LogP contribution in [0, 0.1) is 11.8 Å². The Morgan fingerprint density at radius 1 is 1.32 bits per heavy atom. The molecular formula is C17H22N2O3. The standard InChI is InChI=1S/C17H22N2O3/c1-18-7-6-12-13(18)8-10-9-19(11-4-2-3-5-11)16(20)14(10)15(12)17(21)22/h6-7,10-11,14-15H,2-5,8-9H2,1H3,(H,21,22). The molecule has 0 spiro atoms. The predicted molar refractivity (Wildman–Crippen MR) is 80.4 cm³/mol. The van der Waals surface area contributed by atoms with Crippen molar-refractivity contribution in [1.82, 2.24) is 9.47 Å². The fourth-order valence-electron chi connectivity index (χ4n) is 4.86. The van der Waals surface area contributed by atoms with Gasteiger partial charge in [0, 0.05) is 31.5 Å². The van der Waals surface area contributed by atoms with Crippen LogP contribution < -0.4 is 0 Å². The maximum absolute atomic E-state index is 12.9. The number of likely N-dealkylation sites (tertiary alicyclic amines) is 1. The second-order valence-electron chi connectivity index (χ2n) is 7.06. The van der Waals surface area contributed by atoms with Gasteiger partial charge in [0.1, 0.15) is 0 Å². The van der Waals surface area contributed by atoms with Crippen LogP contribution in [-0.4, -0.2) is 39.0 Å². The second-order valence-corrected chi connectivity index (χ2v) is 7.06. The van der Waals surface area contributed by atoms with Gasteiger partial charge in [0.15, 0.2) is 0 Å². The molecule has 0 radical (unpaired) electrons. The van der Waals surface area contributed by atoms with Crippen LogP contribution in [0.25, 0.3) is 0 Å². The molecule has 1 aromatic rings. The molecule has 5 heteroatoms. The van der Waals surface area contributed by atoms with Crippen molar-refractivity contribution in [2.24, 2.45) is 18.9 Å². The first-order valence-corrected chi connectivity index (χ1v) is 8.25. The van der Waals surface area contributed by atoms with E-state index in [9.17, 15) is 14.7 Å². The lowest BCUT2D eigenvalue weighted by Gasteiger charge is -2.29. The van der Waals surface area contributed by atoms with Crippen LogP contribution in [0.4, 0.5) is 0 Å². The number of rotatable bonds is 2. The fourth-order valence-corrected chi connectivity index (χ4v) is 4.86. The largest absolute Gasteiger partial charge is 0.481 e. The zero-order chi connectivity index (χ0) is 15.4. The van der Waals surface area contributed by atoms with Crippen LogP contribution in [0.2, 0.25) is 0 Å². The van der Waals surface area contributed by atoms with Crippen molar-refractivity contribution in [2.75, 3.05) is 6.54 Å². The molecule has 2 aliphatic carbocycles. The molecule has 3 atom stereocenters. The third-order valence-corrected chi connectivity index (χ3v) is 5.93. The molecule has 22 heavy (non-hydrogen) atoms. The molecule has 3 unspecified atom stereocenters. The van der Waals surface area contributed by atoms with Gasteiger partial charge in [-0.2, -0.15) is 0 Å². The number of carbonyl (C=O) groups excluding carboxylic acids is 1. The number of amides is 1. The summed E-state index contributed by atoms with van der Waals surface area (Å²) in [5.41, 5.74) is 1.94. The summed E-state index contributed by atoms with van der Waals surface area (Å²) in [4.78, 5) is 26.8. The van der Waals surface area contributed by atoms with E-state index >= 15 is 0 Å². The topological polar surface area (TPSA) is 62.5 Å². The SMILES string of the molecule is Cn1ccc2c1CC1CN(C3CCCC3)C(=O)C1C2C(=O)O. The highest BCUT2D eigenvalue weighted by Gasteiger charge is 2.53. The Hall–Kier alpha value is -1.78. The Bertz CT molecular complexity index is 630. The Labute approximate surface area is 129 Å². The smallest absolute Gasteiger partial charge is 0.311 e. The molecule has 3 aliphatic rings. The van der Waals surface area contributed by atoms with Crippen molar-refractivity contribution in [3.63, 3.8) is 0 Å². The third-order valence-electron chi connectivity index (χ3n) is 5.93.